The molecule has 9 heteroatoms. The fraction of sp³-hybridized carbons (Fsp3) is 0.525. The lowest BCUT2D eigenvalue weighted by Gasteiger charge is -2.57. The molecular weight excluding hydrogens is 622 g/mol. The second-order valence-corrected chi connectivity index (χ2v) is 14.0. The van der Waals surface area contributed by atoms with Crippen LogP contribution in [-0.4, -0.2) is 64.2 Å². The number of ether oxygens (including phenoxy) is 5. The van der Waals surface area contributed by atoms with Crippen LogP contribution in [0.15, 0.2) is 54.6 Å². The molecule has 4 fully saturated rings. The Hall–Kier alpha value is -3.95. The summed E-state index contributed by atoms with van der Waals surface area (Å²) in [4.78, 5) is 37.6. The third-order valence-corrected chi connectivity index (χ3v) is 10.6. The van der Waals surface area contributed by atoms with Gasteiger partial charge in [0.15, 0.2) is 6.79 Å². The van der Waals surface area contributed by atoms with Crippen LogP contribution >= 0.6 is 0 Å². The van der Waals surface area contributed by atoms with Crippen molar-refractivity contribution in [3.8, 4) is 16.9 Å². The maximum Gasteiger partial charge on any atom is 0.328 e. The zero-order chi connectivity index (χ0) is 34.4. The van der Waals surface area contributed by atoms with Gasteiger partial charge in [-0.05, 0) is 134 Å². The van der Waals surface area contributed by atoms with E-state index in [4.69, 9.17) is 23.7 Å². The first kappa shape index (κ1) is 34.9. The number of nitrogens with one attached hydrogen (secondary N) is 1. The van der Waals surface area contributed by atoms with Crippen molar-refractivity contribution < 1.29 is 38.1 Å². The van der Waals surface area contributed by atoms with Crippen molar-refractivity contribution in [1.82, 2.24) is 5.32 Å². The van der Waals surface area contributed by atoms with E-state index >= 15 is 0 Å². The number of esters is 2. The molecule has 0 unspecified atom stereocenters. The van der Waals surface area contributed by atoms with Gasteiger partial charge in [-0.1, -0.05) is 24.3 Å². The molecule has 0 aliphatic heterocycles. The number of amides is 1. The number of hydrogen-bond donors (Lipinski definition) is 1. The first-order valence-electron chi connectivity index (χ1n) is 17.8. The molecule has 3 aromatic rings. The summed E-state index contributed by atoms with van der Waals surface area (Å²) < 4.78 is 27.3. The van der Waals surface area contributed by atoms with Crippen molar-refractivity contribution in [1.29, 1.82) is 0 Å². The normalized spacial score (nSPS) is 22.9. The number of fused-ring (bicyclic) bond motifs is 1. The molecule has 0 saturated heterocycles. The number of hydrogen-bond acceptors (Lipinski definition) is 8. The summed E-state index contributed by atoms with van der Waals surface area (Å²) in [6.07, 6.45) is 7.91. The SMILES string of the molecule is CCOC(=O)CC[C@H](NC(=O)c1ccc(-c2ccc3cc(OCOCCOC)c(C45CC6CC(CC(C6)C4)C5)cc3c2)cc1)C(=O)OCC. The van der Waals surface area contributed by atoms with Gasteiger partial charge in [0.25, 0.3) is 5.91 Å². The van der Waals surface area contributed by atoms with Crippen LogP contribution in [0.1, 0.15) is 81.1 Å². The molecule has 4 bridgehead atoms. The molecular formula is C40H49NO8. The Labute approximate surface area is 289 Å². The number of carbonyl (C=O) groups excluding carboxylic acids is 3. The molecule has 1 N–H and O–H groups in total. The molecule has 7 rings (SSSR count). The highest BCUT2D eigenvalue weighted by atomic mass is 16.7. The van der Waals surface area contributed by atoms with Crippen LogP contribution < -0.4 is 10.1 Å². The Balaban J connectivity index is 1.22. The molecule has 0 aromatic heterocycles. The summed E-state index contributed by atoms with van der Waals surface area (Å²) in [5.74, 6) is 1.93. The third kappa shape index (κ3) is 8.10. The van der Waals surface area contributed by atoms with Gasteiger partial charge in [-0.3, -0.25) is 9.59 Å². The molecule has 4 saturated carbocycles. The summed E-state index contributed by atoms with van der Waals surface area (Å²) in [5, 5.41) is 5.01. The van der Waals surface area contributed by atoms with Crippen LogP contribution in [-0.2, 0) is 34.0 Å². The standard InChI is InChI=1S/C40H49NO8/c1-4-47-37(42)13-12-35(39(44)48-5-2)41-38(43)30-8-6-29(7-9-30)31-10-11-32-21-36(49-25-46-15-14-45-3)34(20-33(32)19-31)40-22-26-16-27(23-40)18-28(17-26)24-40/h6-11,19-21,26-28,35H,4-5,12-18,22-25H2,1-3H3,(H,41,43)/t26?,27?,28?,35-,40?/m0/s1. The molecule has 0 heterocycles. The highest BCUT2D eigenvalue weighted by molar-refractivity contribution is 5.97. The first-order valence-corrected chi connectivity index (χ1v) is 17.8. The quantitative estimate of drug-likeness (QED) is 0.0988. The van der Waals surface area contributed by atoms with E-state index in [-0.39, 0.29) is 38.3 Å². The van der Waals surface area contributed by atoms with Gasteiger partial charge in [-0.25, -0.2) is 4.79 Å². The number of rotatable bonds is 16. The molecule has 1 atom stereocenters. The molecule has 262 valence electrons. The van der Waals surface area contributed by atoms with E-state index in [1.807, 2.05) is 12.1 Å². The molecule has 9 nitrogen and oxygen atoms in total. The predicted octanol–water partition coefficient (Wildman–Crippen LogP) is 6.98. The van der Waals surface area contributed by atoms with E-state index in [1.54, 1.807) is 33.1 Å². The van der Waals surface area contributed by atoms with Crippen LogP contribution in [0.4, 0.5) is 0 Å². The largest absolute Gasteiger partial charge is 0.467 e. The van der Waals surface area contributed by atoms with Crippen LogP contribution in [0.25, 0.3) is 21.9 Å². The van der Waals surface area contributed by atoms with Gasteiger partial charge in [-0.2, -0.15) is 0 Å². The molecule has 49 heavy (non-hydrogen) atoms. The Morgan fingerprint density at radius 2 is 1.49 bits per heavy atom. The smallest absolute Gasteiger partial charge is 0.328 e. The van der Waals surface area contributed by atoms with E-state index in [9.17, 15) is 14.4 Å². The van der Waals surface area contributed by atoms with Gasteiger partial charge in [0.2, 0.25) is 0 Å². The Morgan fingerprint density at radius 1 is 0.816 bits per heavy atom. The maximum atomic E-state index is 13.2. The molecule has 1 amide bonds. The highest BCUT2D eigenvalue weighted by Gasteiger charge is 2.52. The second-order valence-electron chi connectivity index (χ2n) is 14.0. The molecule has 0 spiro atoms. The third-order valence-electron chi connectivity index (χ3n) is 10.6. The number of benzene rings is 3. The first-order chi connectivity index (χ1) is 23.8. The van der Waals surface area contributed by atoms with Crippen molar-refractivity contribution in [2.24, 2.45) is 17.8 Å². The minimum atomic E-state index is -0.953. The van der Waals surface area contributed by atoms with Gasteiger partial charge >= 0.3 is 11.9 Å². The van der Waals surface area contributed by atoms with E-state index in [1.165, 1.54) is 44.1 Å². The van der Waals surface area contributed by atoms with Crippen molar-refractivity contribution in [3.05, 3.63) is 65.7 Å². The number of carbonyl (C=O) groups is 3. The summed E-state index contributed by atoms with van der Waals surface area (Å²) in [6, 6.07) is 17.4. The van der Waals surface area contributed by atoms with Crippen molar-refractivity contribution >= 4 is 28.6 Å². The average Bonchev–Trinajstić information content (AvgIpc) is 3.09. The summed E-state index contributed by atoms with van der Waals surface area (Å²) in [5.41, 5.74) is 3.90. The Kier molecular flexibility index (Phi) is 11.2. The monoisotopic (exact) mass is 671 g/mol. The molecule has 0 radical (unpaired) electrons. The van der Waals surface area contributed by atoms with Gasteiger partial charge < -0.3 is 29.0 Å². The lowest BCUT2D eigenvalue weighted by atomic mass is 9.48. The summed E-state index contributed by atoms with van der Waals surface area (Å²) in [7, 11) is 1.67. The minimum Gasteiger partial charge on any atom is -0.467 e. The molecule has 3 aromatic carbocycles. The van der Waals surface area contributed by atoms with Crippen LogP contribution in [0.2, 0.25) is 0 Å². The second kappa shape index (κ2) is 15.7. The lowest BCUT2D eigenvalue weighted by molar-refractivity contribution is -0.146. The van der Waals surface area contributed by atoms with Gasteiger partial charge in [0, 0.05) is 24.7 Å². The fourth-order valence-corrected chi connectivity index (χ4v) is 8.78. The number of methoxy groups -OCH3 is 1. The maximum absolute atomic E-state index is 13.2. The van der Waals surface area contributed by atoms with Crippen molar-refractivity contribution in [2.45, 2.75) is 76.7 Å². The van der Waals surface area contributed by atoms with E-state index in [0.717, 1.165) is 45.4 Å². The lowest BCUT2D eigenvalue weighted by Crippen LogP contribution is -2.48. The topological polar surface area (TPSA) is 109 Å². The zero-order valence-electron chi connectivity index (χ0n) is 29.0. The molecule has 4 aliphatic rings. The highest BCUT2D eigenvalue weighted by Crippen LogP contribution is 2.62. The van der Waals surface area contributed by atoms with Crippen molar-refractivity contribution in [2.75, 3.05) is 40.3 Å². The van der Waals surface area contributed by atoms with Gasteiger partial charge in [0.1, 0.15) is 11.8 Å². The Morgan fingerprint density at radius 3 is 2.14 bits per heavy atom. The van der Waals surface area contributed by atoms with E-state index in [0.29, 0.717) is 18.8 Å². The average molecular weight is 672 g/mol. The predicted molar refractivity (Wildman–Crippen MR) is 186 cm³/mol. The van der Waals surface area contributed by atoms with E-state index < -0.39 is 23.9 Å². The zero-order valence-corrected chi connectivity index (χ0v) is 29.0. The van der Waals surface area contributed by atoms with Crippen LogP contribution in [0.5, 0.6) is 5.75 Å². The Bertz CT molecular complexity index is 1600. The van der Waals surface area contributed by atoms with Crippen LogP contribution in [0, 0.1) is 17.8 Å². The van der Waals surface area contributed by atoms with Gasteiger partial charge in [0.05, 0.1) is 26.4 Å². The fourth-order valence-electron chi connectivity index (χ4n) is 8.78. The van der Waals surface area contributed by atoms with Gasteiger partial charge in [-0.15, -0.1) is 0 Å². The van der Waals surface area contributed by atoms with Crippen molar-refractivity contribution in [3.63, 3.8) is 0 Å². The minimum absolute atomic E-state index is 0.00113. The van der Waals surface area contributed by atoms with Crippen LogP contribution in [0.3, 0.4) is 0 Å². The summed E-state index contributed by atoms with van der Waals surface area (Å²) >= 11 is 0. The van der Waals surface area contributed by atoms with E-state index in [2.05, 4.69) is 35.6 Å². The molecule has 4 aliphatic carbocycles. The summed E-state index contributed by atoms with van der Waals surface area (Å²) in [6.45, 7) is 5.06.